The quantitative estimate of drug-likeness (QED) is 0.441. The minimum Gasteiger partial charge on any atom is -0.508 e. The summed E-state index contributed by atoms with van der Waals surface area (Å²) in [6.07, 6.45) is 2.44. The van der Waals surface area contributed by atoms with Gasteiger partial charge in [0, 0.05) is 30.6 Å². The first-order valence-electron chi connectivity index (χ1n) is 14.0. The number of nitrogens with one attached hydrogen (secondary N) is 1. The number of benzene rings is 2. The SMILES string of the molecule is CC(Oc1ccc(CC2(OC(=O)C(F)(F)F)c3ccc(O)cc3CCN2C2CCCC2)cc1)C1CCCCN1. The van der Waals surface area contributed by atoms with Gasteiger partial charge in [0.25, 0.3) is 0 Å². The third kappa shape index (κ3) is 6.04. The standard InChI is InChI=1S/C30H37F3N2O4/c1-20(27-8-4-5-16-34-27)38-25-12-9-21(10-13-25)19-29(39-28(37)30(31,32)33)26-14-11-24(36)18-22(26)15-17-35(29)23-6-2-3-7-23/h9-14,18,20,23,27,34,36H,2-8,15-17,19H2,1H3. The predicted octanol–water partition coefficient (Wildman–Crippen LogP) is 5.60. The van der Waals surface area contributed by atoms with Crippen LogP contribution in [0.3, 0.4) is 0 Å². The summed E-state index contributed by atoms with van der Waals surface area (Å²) in [5.74, 6) is -1.50. The third-order valence-corrected chi connectivity index (χ3v) is 8.46. The van der Waals surface area contributed by atoms with Gasteiger partial charge >= 0.3 is 12.1 Å². The molecule has 0 radical (unpaired) electrons. The van der Waals surface area contributed by atoms with Gasteiger partial charge in [0.1, 0.15) is 17.6 Å². The van der Waals surface area contributed by atoms with E-state index in [0.29, 0.717) is 29.8 Å². The highest BCUT2D eigenvalue weighted by atomic mass is 19.4. The number of alkyl halides is 3. The summed E-state index contributed by atoms with van der Waals surface area (Å²) in [6.45, 7) is 3.45. The van der Waals surface area contributed by atoms with Crippen molar-refractivity contribution >= 4 is 5.97 Å². The second-order valence-corrected chi connectivity index (χ2v) is 11.1. The number of carbonyl (C=O) groups excluding carboxylic acids is 1. The zero-order chi connectivity index (χ0) is 27.6. The molecule has 3 unspecified atom stereocenters. The molecule has 9 heteroatoms. The maximum Gasteiger partial charge on any atom is 0.491 e. The lowest BCUT2D eigenvalue weighted by Gasteiger charge is -2.50. The van der Waals surface area contributed by atoms with Crippen molar-refractivity contribution in [2.45, 2.75) is 94.8 Å². The Balaban J connectivity index is 1.48. The minimum absolute atomic E-state index is 0.000522. The lowest BCUT2D eigenvalue weighted by Crippen LogP contribution is -2.59. The van der Waals surface area contributed by atoms with Gasteiger partial charge in [0.15, 0.2) is 5.72 Å². The van der Waals surface area contributed by atoms with E-state index in [1.165, 1.54) is 18.9 Å². The van der Waals surface area contributed by atoms with E-state index in [0.717, 1.165) is 44.2 Å². The van der Waals surface area contributed by atoms with Crippen LogP contribution < -0.4 is 10.1 Å². The van der Waals surface area contributed by atoms with E-state index in [-0.39, 0.29) is 30.4 Å². The molecule has 2 heterocycles. The van der Waals surface area contributed by atoms with Crippen LogP contribution in [0, 0.1) is 0 Å². The van der Waals surface area contributed by atoms with Crippen molar-refractivity contribution in [1.29, 1.82) is 0 Å². The number of phenolic OH excluding ortho intramolecular Hbond substituents is 1. The number of hydrogen-bond acceptors (Lipinski definition) is 6. The second-order valence-electron chi connectivity index (χ2n) is 11.1. The second kappa shape index (κ2) is 11.4. The van der Waals surface area contributed by atoms with E-state index < -0.39 is 17.9 Å². The number of fused-ring (bicyclic) bond motifs is 1. The number of hydrogen-bond donors (Lipinski definition) is 2. The molecule has 1 aliphatic carbocycles. The summed E-state index contributed by atoms with van der Waals surface area (Å²) in [7, 11) is 0. The Morgan fingerprint density at radius 1 is 1.10 bits per heavy atom. The molecule has 3 aliphatic rings. The van der Waals surface area contributed by atoms with Crippen molar-refractivity contribution in [2.24, 2.45) is 0 Å². The van der Waals surface area contributed by atoms with Crippen molar-refractivity contribution < 1.29 is 32.5 Å². The maximum atomic E-state index is 13.6. The number of piperidine rings is 1. The van der Waals surface area contributed by atoms with Gasteiger partial charge in [-0.1, -0.05) is 31.4 Å². The number of phenols is 1. The summed E-state index contributed by atoms with van der Waals surface area (Å²) in [5.41, 5.74) is 0.260. The van der Waals surface area contributed by atoms with Gasteiger partial charge < -0.3 is 19.9 Å². The number of nitrogens with zero attached hydrogens (tertiary/aromatic N) is 1. The topological polar surface area (TPSA) is 71.0 Å². The van der Waals surface area contributed by atoms with Crippen LogP contribution in [0.1, 0.15) is 68.6 Å². The summed E-state index contributed by atoms with van der Waals surface area (Å²) in [6, 6.07) is 12.2. The first-order valence-corrected chi connectivity index (χ1v) is 14.0. The molecule has 2 N–H and O–H groups in total. The summed E-state index contributed by atoms with van der Waals surface area (Å²) in [4.78, 5) is 14.4. The lowest BCUT2D eigenvalue weighted by atomic mass is 9.83. The van der Waals surface area contributed by atoms with Crippen molar-refractivity contribution in [3.63, 3.8) is 0 Å². The molecule has 212 valence electrons. The van der Waals surface area contributed by atoms with E-state index in [1.54, 1.807) is 12.1 Å². The average Bonchev–Trinajstić information content (AvgIpc) is 3.44. The molecule has 0 bridgehead atoms. The number of aromatic hydroxyl groups is 1. The van der Waals surface area contributed by atoms with Gasteiger partial charge in [-0.05, 0) is 87.0 Å². The van der Waals surface area contributed by atoms with E-state index in [2.05, 4.69) is 5.32 Å². The largest absolute Gasteiger partial charge is 0.508 e. The highest BCUT2D eigenvalue weighted by molar-refractivity contribution is 5.76. The Morgan fingerprint density at radius 2 is 1.82 bits per heavy atom. The molecule has 0 spiro atoms. The molecule has 2 aromatic rings. The first kappa shape index (κ1) is 27.8. The van der Waals surface area contributed by atoms with Gasteiger partial charge in [-0.3, -0.25) is 4.90 Å². The molecule has 0 aromatic heterocycles. The minimum atomic E-state index is -5.14. The van der Waals surface area contributed by atoms with Gasteiger partial charge in [-0.25, -0.2) is 4.79 Å². The lowest BCUT2D eigenvalue weighted by molar-refractivity contribution is -0.241. The van der Waals surface area contributed by atoms with Crippen LogP contribution in [0.25, 0.3) is 0 Å². The highest BCUT2D eigenvalue weighted by Crippen LogP contribution is 2.45. The number of esters is 1. The van der Waals surface area contributed by atoms with Crippen LogP contribution in [0.2, 0.25) is 0 Å². The fourth-order valence-corrected chi connectivity index (χ4v) is 6.53. The van der Waals surface area contributed by atoms with Crippen LogP contribution in [0.5, 0.6) is 11.5 Å². The normalized spacial score (nSPS) is 25.2. The number of ether oxygens (including phenoxy) is 2. The molecule has 1 saturated heterocycles. The monoisotopic (exact) mass is 546 g/mol. The molecule has 2 aromatic carbocycles. The zero-order valence-corrected chi connectivity index (χ0v) is 22.3. The molecule has 3 atom stereocenters. The molecule has 0 amide bonds. The van der Waals surface area contributed by atoms with Gasteiger partial charge in [-0.2, -0.15) is 13.2 Å². The van der Waals surface area contributed by atoms with Crippen molar-refractivity contribution in [2.75, 3.05) is 13.1 Å². The Labute approximate surface area is 227 Å². The summed E-state index contributed by atoms with van der Waals surface area (Å²) < 4.78 is 52.6. The Bertz CT molecular complexity index is 1140. The number of carbonyl (C=O) groups is 1. The molecule has 2 aliphatic heterocycles. The van der Waals surface area contributed by atoms with Gasteiger partial charge in [0.2, 0.25) is 0 Å². The summed E-state index contributed by atoms with van der Waals surface area (Å²) >= 11 is 0. The molecule has 1 saturated carbocycles. The molecular weight excluding hydrogens is 509 g/mol. The molecule has 6 nitrogen and oxygen atoms in total. The molecule has 2 fully saturated rings. The fraction of sp³-hybridized carbons (Fsp3) is 0.567. The Morgan fingerprint density at radius 3 is 2.49 bits per heavy atom. The smallest absolute Gasteiger partial charge is 0.491 e. The van der Waals surface area contributed by atoms with Crippen molar-refractivity contribution in [3.8, 4) is 11.5 Å². The first-order chi connectivity index (χ1) is 18.7. The predicted molar refractivity (Wildman–Crippen MR) is 140 cm³/mol. The number of rotatable bonds is 7. The van der Waals surface area contributed by atoms with Crippen LogP contribution in [0.4, 0.5) is 13.2 Å². The molecular formula is C30H37F3N2O4. The van der Waals surface area contributed by atoms with Crippen LogP contribution in [0.15, 0.2) is 42.5 Å². The van der Waals surface area contributed by atoms with Crippen molar-refractivity contribution in [1.82, 2.24) is 10.2 Å². The zero-order valence-electron chi connectivity index (χ0n) is 22.3. The van der Waals surface area contributed by atoms with E-state index in [4.69, 9.17) is 9.47 Å². The third-order valence-electron chi connectivity index (χ3n) is 8.46. The molecule has 5 rings (SSSR count). The van der Waals surface area contributed by atoms with E-state index >= 15 is 0 Å². The van der Waals surface area contributed by atoms with Crippen molar-refractivity contribution in [3.05, 3.63) is 59.2 Å². The van der Waals surface area contributed by atoms with Gasteiger partial charge in [0.05, 0.1) is 0 Å². The van der Waals surface area contributed by atoms with Crippen LogP contribution >= 0.6 is 0 Å². The maximum absolute atomic E-state index is 13.6. The van der Waals surface area contributed by atoms with Crippen LogP contribution in [-0.4, -0.2) is 53.4 Å². The van der Waals surface area contributed by atoms with E-state index in [1.807, 2.05) is 36.1 Å². The summed E-state index contributed by atoms with van der Waals surface area (Å²) in [5, 5.41) is 13.6. The highest BCUT2D eigenvalue weighted by Gasteiger charge is 2.53. The van der Waals surface area contributed by atoms with Gasteiger partial charge in [-0.15, -0.1) is 0 Å². The average molecular weight is 547 g/mol. The molecule has 39 heavy (non-hydrogen) atoms. The van der Waals surface area contributed by atoms with E-state index in [9.17, 15) is 23.1 Å². The fourth-order valence-electron chi connectivity index (χ4n) is 6.53. The Hall–Kier alpha value is -2.78. The van der Waals surface area contributed by atoms with Crippen LogP contribution in [-0.2, 0) is 28.1 Å². The number of halogens is 3. The Kier molecular flexibility index (Phi) is 8.10.